The fraction of sp³-hybridized carbons (Fsp3) is 0.229. The molecular formula is C70H66N2S. The molecule has 0 spiro atoms. The average Bonchev–Trinajstić information content (AvgIpc) is 3.83. The van der Waals surface area contributed by atoms with Crippen molar-refractivity contribution < 1.29 is 0 Å². The molecular weight excluding hydrogens is 901 g/mol. The molecule has 0 aliphatic heterocycles. The van der Waals surface area contributed by atoms with Crippen LogP contribution in [0.3, 0.4) is 0 Å². The molecule has 0 amide bonds. The quantitative estimate of drug-likeness (QED) is 0.127. The monoisotopic (exact) mass is 966 g/mol. The Hall–Kier alpha value is -7.20. The number of hydrogen-bond donors (Lipinski definition) is 0. The number of thiophene rings is 1. The smallest absolute Gasteiger partial charge is 0.0495 e. The summed E-state index contributed by atoms with van der Waals surface area (Å²) in [4.78, 5) is 8.12. The molecule has 0 bridgehead atoms. The molecule has 73 heavy (non-hydrogen) atoms. The second-order valence-electron chi connectivity index (χ2n) is 21.5. The molecule has 1 aromatic heterocycles. The van der Waals surface area contributed by atoms with Gasteiger partial charge in [0.05, 0.1) is 0 Å². The van der Waals surface area contributed by atoms with E-state index in [0.717, 1.165) is 32.1 Å². The summed E-state index contributed by atoms with van der Waals surface area (Å²) in [5.41, 5.74) is 15.9. The van der Waals surface area contributed by atoms with Crippen molar-refractivity contribution in [2.75, 3.05) is 9.80 Å². The van der Waals surface area contributed by atoms with Crippen LogP contribution in [0.1, 0.15) is 81.2 Å². The predicted octanol–water partition coefficient (Wildman–Crippen LogP) is 19.3. The first kappa shape index (κ1) is 46.8. The first-order valence-electron chi connectivity index (χ1n) is 26.9. The summed E-state index contributed by atoms with van der Waals surface area (Å²) in [6.45, 7) is 12.1. The number of benzene rings is 6. The van der Waals surface area contributed by atoms with Gasteiger partial charge in [-0.05, 0) is 143 Å². The van der Waals surface area contributed by atoms with Gasteiger partial charge >= 0.3 is 0 Å². The Bertz CT molecular complexity index is 3520. The topological polar surface area (TPSA) is 6.48 Å². The van der Waals surface area contributed by atoms with Gasteiger partial charge in [0.2, 0.25) is 0 Å². The molecule has 3 heteroatoms. The molecule has 5 aliphatic carbocycles. The first-order chi connectivity index (χ1) is 35.8. The van der Waals surface area contributed by atoms with Crippen LogP contribution in [0.25, 0.3) is 49.4 Å². The number of aryl methyl sites for hydroxylation is 1. The highest BCUT2D eigenvalue weighted by molar-refractivity contribution is 7.15. The van der Waals surface area contributed by atoms with Gasteiger partial charge < -0.3 is 9.80 Å². The van der Waals surface area contributed by atoms with Crippen molar-refractivity contribution in [3.63, 3.8) is 0 Å². The number of anilines is 3. The van der Waals surface area contributed by atoms with Crippen LogP contribution >= 0.6 is 11.3 Å². The van der Waals surface area contributed by atoms with E-state index in [9.17, 15) is 0 Å². The lowest BCUT2D eigenvalue weighted by Crippen LogP contribution is -2.50. The lowest BCUT2D eigenvalue weighted by molar-refractivity contribution is 0.310. The Balaban J connectivity index is 1.00. The lowest BCUT2D eigenvalue weighted by Gasteiger charge is -2.49. The first-order valence-corrected chi connectivity index (χ1v) is 27.7. The van der Waals surface area contributed by atoms with Gasteiger partial charge in [-0.2, -0.15) is 0 Å². The van der Waals surface area contributed by atoms with Crippen LogP contribution in [0.15, 0.2) is 230 Å². The average molecular weight is 967 g/mol. The van der Waals surface area contributed by atoms with Gasteiger partial charge in [-0.1, -0.05) is 204 Å². The molecule has 6 unspecified atom stereocenters. The second-order valence-corrected chi connectivity index (χ2v) is 22.5. The molecule has 0 saturated carbocycles. The normalized spacial score (nSPS) is 23.4. The maximum Gasteiger partial charge on any atom is 0.0495 e. The van der Waals surface area contributed by atoms with Gasteiger partial charge in [-0.15, -0.1) is 11.3 Å². The third kappa shape index (κ3) is 8.66. The minimum Gasteiger partial charge on any atom is -0.334 e. The van der Waals surface area contributed by atoms with Crippen molar-refractivity contribution in [2.45, 2.75) is 72.3 Å². The minimum atomic E-state index is -0.187. The van der Waals surface area contributed by atoms with E-state index in [1.54, 1.807) is 0 Å². The number of fused-ring (bicyclic) bond motifs is 3. The maximum absolute atomic E-state index is 2.69. The highest BCUT2D eigenvalue weighted by atomic mass is 32.1. The zero-order valence-electron chi connectivity index (χ0n) is 43.0. The van der Waals surface area contributed by atoms with E-state index in [1.807, 2.05) is 11.3 Å². The SMILES string of the molecule is CCc1ccc(N(c2cccc3ccccc23)C2(C)CC=C(c3sc(C4=CC=C(N(C5=CC=CC6C=CC=CC56)c5ccc6ccccc6c5)CC4C)c(C4=CCC(C)C=C4)c3-c3ccccc3)CC2C)cc1. The van der Waals surface area contributed by atoms with Gasteiger partial charge in [0.25, 0.3) is 0 Å². The number of rotatable bonds is 11. The molecule has 0 fully saturated rings. The summed E-state index contributed by atoms with van der Waals surface area (Å²) in [5.74, 6) is 1.74. The van der Waals surface area contributed by atoms with Gasteiger partial charge in [-0.3, -0.25) is 0 Å². The van der Waals surface area contributed by atoms with Gasteiger partial charge in [0, 0.05) is 72.1 Å². The summed E-state index contributed by atoms with van der Waals surface area (Å²) in [6, 6.07) is 52.2. The van der Waals surface area contributed by atoms with E-state index in [2.05, 4.69) is 263 Å². The molecule has 2 nitrogen and oxygen atoms in total. The Morgan fingerprint density at radius 1 is 0.630 bits per heavy atom. The van der Waals surface area contributed by atoms with E-state index >= 15 is 0 Å². The van der Waals surface area contributed by atoms with Crippen molar-refractivity contribution in [3.8, 4) is 11.1 Å². The maximum atomic E-state index is 2.69. The molecule has 0 saturated heterocycles. The van der Waals surface area contributed by atoms with Crippen LogP contribution in [0.5, 0.6) is 0 Å². The van der Waals surface area contributed by atoms with E-state index in [-0.39, 0.29) is 17.4 Å². The van der Waals surface area contributed by atoms with Gasteiger partial charge in [0.1, 0.15) is 0 Å². The highest BCUT2D eigenvalue weighted by Gasteiger charge is 2.42. The molecule has 7 aromatic rings. The third-order valence-electron chi connectivity index (χ3n) is 16.8. The Morgan fingerprint density at radius 2 is 1.37 bits per heavy atom. The van der Waals surface area contributed by atoms with Gasteiger partial charge in [-0.25, -0.2) is 0 Å². The lowest BCUT2D eigenvalue weighted by atomic mass is 9.72. The molecule has 12 rings (SSSR count). The largest absolute Gasteiger partial charge is 0.334 e. The predicted molar refractivity (Wildman–Crippen MR) is 316 cm³/mol. The fourth-order valence-corrected chi connectivity index (χ4v) is 13.9. The summed E-state index contributed by atoms with van der Waals surface area (Å²) in [6.07, 6.45) is 36.0. The van der Waals surface area contributed by atoms with Crippen LogP contribution in [0, 0.1) is 29.6 Å². The molecule has 6 atom stereocenters. The molecule has 362 valence electrons. The van der Waals surface area contributed by atoms with Crippen LogP contribution in [0.2, 0.25) is 0 Å². The van der Waals surface area contributed by atoms with E-state index in [4.69, 9.17) is 0 Å². The third-order valence-corrected chi connectivity index (χ3v) is 18.1. The van der Waals surface area contributed by atoms with Gasteiger partial charge in [0.15, 0.2) is 0 Å². The summed E-state index contributed by atoms with van der Waals surface area (Å²) in [5, 5.41) is 5.10. The standard InChI is InChI=1S/C70H66N2S/c1-6-50-32-37-58(38-33-50)72(65-29-17-25-53-20-13-15-27-63(53)65)70(5)43-42-57(45-49(70)4)68-66(54-21-8-7-9-22-54)67(55-34-30-47(2)31-35-55)69(73-68)61-41-40-59(44-48(61)3)71(60-39-36-51-18-10-11-23-56(51)46-60)64-28-16-24-52-19-12-14-26-62(52)64/h7-30,32-42,46-49,52,62H,6,31,43-45H2,1-5H3. The Labute approximate surface area is 437 Å². The summed E-state index contributed by atoms with van der Waals surface area (Å²) in [7, 11) is 0. The van der Waals surface area contributed by atoms with E-state index in [0.29, 0.717) is 17.8 Å². The number of hydrogen-bond acceptors (Lipinski definition) is 3. The van der Waals surface area contributed by atoms with Crippen LogP contribution in [0.4, 0.5) is 17.1 Å². The molecule has 0 radical (unpaired) electrons. The van der Waals surface area contributed by atoms with Crippen molar-refractivity contribution >= 4 is 66.7 Å². The molecule has 1 heterocycles. The van der Waals surface area contributed by atoms with Crippen molar-refractivity contribution in [2.24, 2.45) is 29.6 Å². The van der Waals surface area contributed by atoms with E-state index in [1.165, 1.54) is 98.7 Å². The Kier molecular flexibility index (Phi) is 12.6. The van der Waals surface area contributed by atoms with Crippen LogP contribution < -0.4 is 9.80 Å². The van der Waals surface area contributed by atoms with Crippen LogP contribution in [-0.4, -0.2) is 5.54 Å². The summed E-state index contributed by atoms with van der Waals surface area (Å²) >= 11 is 2.05. The second kappa shape index (κ2) is 19.7. The molecule has 5 aliphatic rings. The highest BCUT2D eigenvalue weighted by Crippen LogP contribution is 2.55. The van der Waals surface area contributed by atoms with Crippen molar-refractivity contribution in [3.05, 3.63) is 251 Å². The van der Waals surface area contributed by atoms with Crippen LogP contribution in [-0.2, 0) is 6.42 Å². The van der Waals surface area contributed by atoms with Crippen molar-refractivity contribution in [1.29, 1.82) is 0 Å². The zero-order chi connectivity index (χ0) is 49.6. The number of nitrogens with zero attached hydrogens (tertiary/aromatic N) is 2. The van der Waals surface area contributed by atoms with Crippen molar-refractivity contribution in [1.82, 2.24) is 0 Å². The molecule has 6 aromatic carbocycles. The Morgan fingerprint density at radius 3 is 2.15 bits per heavy atom. The minimum absolute atomic E-state index is 0.187. The zero-order valence-corrected chi connectivity index (χ0v) is 43.8. The fourth-order valence-electron chi connectivity index (χ4n) is 12.4. The van der Waals surface area contributed by atoms with E-state index < -0.39 is 0 Å². The molecule has 0 N–H and O–H groups in total. The number of allylic oxidation sites excluding steroid dienone is 16. The summed E-state index contributed by atoms with van der Waals surface area (Å²) < 4.78 is 0.